The number of urea groups is 1. The number of hydrogen-bond donors (Lipinski definition) is 1. The minimum absolute atomic E-state index is 0.0325. The van der Waals surface area contributed by atoms with Crippen molar-refractivity contribution < 1.29 is 4.79 Å². The highest BCUT2D eigenvalue weighted by atomic mass is 16.2. The highest BCUT2D eigenvalue weighted by Crippen LogP contribution is 2.26. The van der Waals surface area contributed by atoms with Gasteiger partial charge in [-0.3, -0.25) is 4.90 Å². The van der Waals surface area contributed by atoms with E-state index in [4.69, 9.17) is 0 Å². The summed E-state index contributed by atoms with van der Waals surface area (Å²) in [6.07, 6.45) is 2.57. The zero-order valence-electron chi connectivity index (χ0n) is 21.6. The van der Waals surface area contributed by atoms with E-state index in [9.17, 15) is 4.79 Å². The lowest BCUT2D eigenvalue weighted by Crippen LogP contribution is -2.61. The van der Waals surface area contributed by atoms with Crippen LogP contribution in [0.4, 0.5) is 4.79 Å². The molecule has 184 valence electrons. The Bertz CT molecular complexity index is 876. The van der Waals surface area contributed by atoms with Crippen LogP contribution in [-0.2, 0) is 0 Å². The Morgan fingerprint density at radius 1 is 0.882 bits per heavy atom. The molecule has 1 N–H and O–H groups in total. The Kier molecular flexibility index (Phi) is 7.95. The van der Waals surface area contributed by atoms with Crippen molar-refractivity contribution in [3.63, 3.8) is 0 Å². The molecule has 0 bridgehead atoms. The third kappa shape index (κ3) is 6.00. The smallest absolute Gasteiger partial charge is 0.318 e. The van der Waals surface area contributed by atoms with Crippen LogP contribution < -0.4 is 5.32 Å². The number of benzene rings is 2. The average Bonchev–Trinajstić information content (AvgIpc) is 2.80. The summed E-state index contributed by atoms with van der Waals surface area (Å²) >= 11 is 0. The van der Waals surface area contributed by atoms with Gasteiger partial charge in [-0.1, -0.05) is 59.7 Å². The summed E-state index contributed by atoms with van der Waals surface area (Å²) in [5, 5.41) is 3.38. The molecule has 2 atom stereocenters. The Morgan fingerprint density at radius 2 is 1.35 bits per heavy atom. The monoisotopic (exact) mass is 462 g/mol. The molecule has 2 aliphatic rings. The van der Waals surface area contributed by atoms with Gasteiger partial charge in [0.2, 0.25) is 0 Å². The number of piperazine rings is 1. The van der Waals surface area contributed by atoms with Crippen molar-refractivity contribution >= 4 is 6.03 Å². The van der Waals surface area contributed by atoms with Crippen LogP contribution in [0.5, 0.6) is 0 Å². The van der Waals surface area contributed by atoms with Crippen LogP contribution >= 0.6 is 0 Å². The van der Waals surface area contributed by atoms with E-state index in [1.165, 1.54) is 37.1 Å². The molecule has 2 aromatic rings. The van der Waals surface area contributed by atoms with Crippen LogP contribution in [0.25, 0.3) is 0 Å². The molecule has 0 spiro atoms. The molecule has 0 aromatic heterocycles. The van der Waals surface area contributed by atoms with Crippen molar-refractivity contribution in [1.29, 1.82) is 0 Å². The van der Waals surface area contributed by atoms with Crippen LogP contribution in [0.1, 0.15) is 55.0 Å². The Balaban J connectivity index is 1.44. The molecule has 2 heterocycles. The molecule has 0 radical (unpaired) electrons. The third-order valence-electron chi connectivity index (χ3n) is 7.67. The summed E-state index contributed by atoms with van der Waals surface area (Å²) in [5.41, 5.74) is 4.68. The van der Waals surface area contributed by atoms with E-state index in [1.54, 1.807) is 0 Å². The van der Waals surface area contributed by atoms with Crippen molar-refractivity contribution in [3.8, 4) is 0 Å². The highest BCUT2D eigenvalue weighted by Gasteiger charge is 2.35. The highest BCUT2D eigenvalue weighted by molar-refractivity contribution is 5.76. The summed E-state index contributed by atoms with van der Waals surface area (Å²) in [6.45, 7) is 14.1. The molecule has 2 saturated heterocycles. The van der Waals surface area contributed by atoms with E-state index in [2.05, 4.69) is 103 Å². The van der Waals surface area contributed by atoms with Crippen LogP contribution in [0.3, 0.4) is 0 Å². The van der Waals surface area contributed by atoms with Crippen LogP contribution in [0.15, 0.2) is 48.5 Å². The van der Waals surface area contributed by atoms with Gasteiger partial charge in [0.15, 0.2) is 0 Å². The van der Waals surface area contributed by atoms with Gasteiger partial charge in [0.25, 0.3) is 0 Å². The molecule has 0 aliphatic carbocycles. The first-order valence-corrected chi connectivity index (χ1v) is 12.9. The fourth-order valence-electron chi connectivity index (χ4n) is 5.67. The molecule has 2 amide bonds. The molecule has 2 aromatic carbocycles. The number of amides is 2. The maximum atomic E-state index is 13.6. The summed E-state index contributed by atoms with van der Waals surface area (Å²) < 4.78 is 0. The molecule has 2 fully saturated rings. The number of piperidine rings is 1. The van der Waals surface area contributed by atoms with E-state index in [0.29, 0.717) is 0 Å². The Hall–Kier alpha value is -2.37. The Labute approximate surface area is 206 Å². The fourth-order valence-corrected chi connectivity index (χ4v) is 5.67. The number of nitrogens with zero attached hydrogens (tertiary/aromatic N) is 3. The lowest BCUT2D eigenvalue weighted by Gasteiger charge is -2.46. The zero-order valence-corrected chi connectivity index (χ0v) is 21.6. The lowest BCUT2D eigenvalue weighted by atomic mass is 9.95. The van der Waals surface area contributed by atoms with Crippen molar-refractivity contribution in [2.45, 2.75) is 58.7 Å². The molecule has 4 rings (SSSR count). The van der Waals surface area contributed by atoms with Crippen molar-refractivity contribution in [2.75, 3.05) is 39.8 Å². The van der Waals surface area contributed by atoms with Crippen LogP contribution in [0.2, 0.25) is 0 Å². The second-order valence-electron chi connectivity index (χ2n) is 10.8. The number of carbonyl (C=O) groups is 1. The predicted octanol–water partition coefficient (Wildman–Crippen LogP) is 4.84. The predicted molar refractivity (Wildman–Crippen MR) is 140 cm³/mol. The van der Waals surface area contributed by atoms with E-state index >= 15 is 0 Å². The van der Waals surface area contributed by atoms with Gasteiger partial charge in [-0.15, -0.1) is 0 Å². The largest absolute Gasteiger partial charge is 0.327 e. The molecule has 34 heavy (non-hydrogen) atoms. The third-order valence-corrected chi connectivity index (χ3v) is 7.67. The summed E-state index contributed by atoms with van der Waals surface area (Å²) in [6, 6.07) is 17.3. The SMILES string of the molecule is Cc1ccc(C(NC(=O)N2C(C)CN(CC3CCN(C)CC3)CC2C)c2ccc(C)cc2)cc1. The first-order valence-electron chi connectivity index (χ1n) is 12.9. The number of rotatable bonds is 5. The lowest BCUT2D eigenvalue weighted by molar-refractivity contribution is 0.0477. The zero-order chi connectivity index (χ0) is 24.2. The van der Waals surface area contributed by atoms with Crippen LogP contribution in [-0.4, -0.2) is 72.6 Å². The summed E-state index contributed by atoms with van der Waals surface area (Å²) in [4.78, 5) is 20.7. The van der Waals surface area contributed by atoms with Crippen molar-refractivity contribution in [2.24, 2.45) is 5.92 Å². The molecular weight excluding hydrogens is 420 g/mol. The van der Waals surface area contributed by atoms with Gasteiger partial charge in [0.1, 0.15) is 0 Å². The number of likely N-dealkylation sites (tertiary alicyclic amines) is 1. The minimum atomic E-state index is -0.162. The Morgan fingerprint density at radius 3 is 1.82 bits per heavy atom. The van der Waals surface area contributed by atoms with Gasteiger partial charge >= 0.3 is 6.03 Å². The molecular formula is C29H42N4O. The number of aryl methyl sites for hydroxylation is 2. The van der Waals surface area contributed by atoms with Gasteiger partial charge in [-0.2, -0.15) is 0 Å². The van der Waals surface area contributed by atoms with Gasteiger partial charge < -0.3 is 15.1 Å². The molecule has 2 unspecified atom stereocenters. The van der Waals surface area contributed by atoms with Gasteiger partial charge in [0, 0.05) is 31.7 Å². The number of carbonyl (C=O) groups excluding carboxylic acids is 1. The number of nitrogens with one attached hydrogen (secondary N) is 1. The van der Waals surface area contributed by atoms with Crippen LogP contribution in [0, 0.1) is 19.8 Å². The van der Waals surface area contributed by atoms with E-state index in [1.807, 2.05) is 0 Å². The quantitative estimate of drug-likeness (QED) is 0.691. The van der Waals surface area contributed by atoms with E-state index in [0.717, 1.165) is 36.7 Å². The van der Waals surface area contributed by atoms with Crippen molar-refractivity contribution in [3.05, 3.63) is 70.8 Å². The summed E-state index contributed by atoms with van der Waals surface area (Å²) in [7, 11) is 2.22. The summed E-state index contributed by atoms with van der Waals surface area (Å²) in [5.74, 6) is 0.781. The molecule has 5 heteroatoms. The molecule has 2 aliphatic heterocycles. The van der Waals surface area contributed by atoms with Crippen molar-refractivity contribution in [1.82, 2.24) is 20.0 Å². The second-order valence-corrected chi connectivity index (χ2v) is 10.8. The first kappa shape index (κ1) is 24.7. The van der Waals surface area contributed by atoms with Gasteiger partial charge in [-0.05, 0) is 77.7 Å². The minimum Gasteiger partial charge on any atom is -0.327 e. The fraction of sp³-hybridized carbons (Fsp3) is 0.552. The maximum Gasteiger partial charge on any atom is 0.318 e. The number of hydrogen-bond acceptors (Lipinski definition) is 3. The topological polar surface area (TPSA) is 38.8 Å². The first-order chi connectivity index (χ1) is 16.3. The van der Waals surface area contributed by atoms with Gasteiger partial charge in [-0.25, -0.2) is 4.79 Å². The van der Waals surface area contributed by atoms with E-state index in [-0.39, 0.29) is 24.2 Å². The molecule has 5 nitrogen and oxygen atoms in total. The average molecular weight is 463 g/mol. The maximum absolute atomic E-state index is 13.6. The molecule has 0 saturated carbocycles. The van der Waals surface area contributed by atoms with Gasteiger partial charge in [0.05, 0.1) is 6.04 Å². The standard InChI is InChI=1S/C29H42N4O/c1-21-6-10-26(11-7-21)28(27-12-8-22(2)9-13-27)30-29(34)33-23(3)18-32(19-24(33)4)20-25-14-16-31(5)17-15-25/h6-13,23-25,28H,14-20H2,1-5H3,(H,30,34). The van der Waals surface area contributed by atoms with E-state index < -0.39 is 0 Å². The normalized spacial score (nSPS) is 22.8. The second kappa shape index (κ2) is 10.9.